The molecule has 0 aliphatic heterocycles. The van der Waals surface area contributed by atoms with Gasteiger partial charge in [0.25, 0.3) is 0 Å². The molecule has 6 heteroatoms. The van der Waals surface area contributed by atoms with Crippen molar-refractivity contribution in [1.82, 2.24) is 19.9 Å². The third kappa shape index (κ3) is 4.70. The second-order valence-corrected chi connectivity index (χ2v) is 7.84. The predicted octanol–water partition coefficient (Wildman–Crippen LogP) is 5.92. The highest BCUT2D eigenvalue weighted by Crippen LogP contribution is 2.24. The number of nitrogens with zero attached hydrogens (tertiary/aromatic N) is 4. The molecule has 3 aromatic heterocycles. The fraction of sp³-hybridized carbons (Fsp3) is 0.111. The van der Waals surface area contributed by atoms with Crippen molar-refractivity contribution in [2.75, 3.05) is 11.9 Å². The first-order valence-electron chi connectivity index (χ1n) is 10.8. The maximum absolute atomic E-state index is 13.6. The lowest BCUT2D eigenvalue weighted by atomic mass is 10.1. The third-order valence-electron chi connectivity index (χ3n) is 5.46. The topological polar surface area (TPSA) is 63.6 Å². The molecule has 0 bridgehead atoms. The smallest absolute Gasteiger partial charge is 0.154 e. The monoisotopic (exact) mass is 435 g/mol. The lowest BCUT2D eigenvalue weighted by molar-refractivity contribution is 0.628. The molecule has 0 saturated heterocycles. The summed E-state index contributed by atoms with van der Waals surface area (Å²) in [5.74, 6) is 0.371. The largest absolute Gasteiger partial charge is 0.364 e. The number of hydrogen-bond donors (Lipinski definition) is 1. The average Bonchev–Trinajstić information content (AvgIpc) is 3.08. The van der Waals surface area contributed by atoms with Crippen molar-refractivity contribution in [3.63, 3.8) is 0 Å². The van der Waals surface area contributed by atoms with Gasteiger partial charge in [0.05, 0.1) is 17.4 Å². The van der Waals surface area contributed by atoms with Gasteiger partial charge in [0.1, 0.15) is 11.3 Å². The zero-order chi connectivity index (χ0) is 22.6. The fourth-order valence-corrected chi connectivity index (χ4v) is 3.79. The van der Waals surface area contributed by atoms with E-state index in [-0.39, 0.29) is 5.82 Å². The summed E-state index contributed by atoms with van der Waals surface area (Å²) in [6, 6.07) is 12.3. The van der Waals surface area contributed by atoms with Crippen LogP contribution in [0.2, 0.25) is 0 Å². The van der Waals surface area contributed by atoms with Gasteiger partial charge in [-0.15, -0.1) is 0 Å². The number of anilines is 1. The van der Waals surface area contributed by atoms with Gasteiger partial charge >= 0.3 is 0 Å². The first-order valence-corrected chi connectivity index (χ1v) is 10.8. The van der Waals surface area contributed by atoms with Crippen molar-refractivity contribution in [3.05, 3.63) is 108 Å². The minimum absolute atomic E-state index is 0.298. The van der Waals surface area contributed by atoms with Crippen LogP contribution in [-0.4, -0.2) is 26.5 Å². The zero-order valence-corrected chi connectivity index (χ0v) is 18.2. The number of allylic oxidation sites excluding steroid dienone is 4. The fourth-order valence-electron chi connectivity index (χ4n) is 3.79. The molecular formula is C27H22FN5. The summed E-state index contributed by atoms with van der Waals surface area (Å²) in [7, 11) is 0. The van der Waals surface area contributed by atoms with E-state index >= 15 is 0 Å². The summed E-state index contributed by atoms with van der Waals surface area (Å²) in [6.45, 7) is 2.62. The third-order valence-corrected chi connectivity index (χ3v) is 5.46. The van der Waals surface area contributed by atoms with E-state index in [1.165, 1.54) is 23.3 Å². The molecule has 5 nitrogen and oxygen atoms in total. The van der Waals surface area contributed by atoms with Gasteiger partial charge < -0.3 is 5.32 Å². The van der Waals surface area contributed by atoms with E-state index in [2.05, 4.69) is 55.6 Å². The maximum Gasteiger partial charge on any atom is 0.154 e. The van der Waals surface area contributed by atoms with Crippen LogP contribution in [0.5, 0.6) is 0 Å². The number of pyridine rings is 2. The number of halogens is 1. The van der Waals surface area contributed by atoms with Crippen LogP contribution in [0, 0.1) is 12.7 Å². The Kier molecular flexibility index (Phi) is 5.72. The van der Waals surface area contributed by atoms with Crippen molar-refractivity contribution >= 4 is 22.4 Å². The molecule has 0 amide bonds. The lowest BCUT2D eigenvalue weighted by Crippen LogP contribution is -2.06. The molecule has 4 aromatic rings. The van der Waals surface area contributed by atoms with E-state index < -0.39 is 0 Å². The minimum Gasteiger partial charge on any atom is -0.364 e. The van der Waals surface area contributed by atoms with Crippen LogP contribution in [0.4, 0.5) is 10.2 Å². The Morgan fingerprint density at radius 3 is 2.73 bits per heavy atom. The highest BCUT2D eigenvalue weighted by Gasteiger charge is 2.09. The molecule has 0 radical (unpaired) electrons. The minimum atomic E-state index is -0.298. The number of hydrogen-bond acceptors (Lipinski definition) is 5. The maximum atomic E-state index is 13.6. The average molecular weight is 436 g/mol. The number of fused-ring (bicyclic) bond motifs is 1. The number of nitrogens with one attached hydrogen (secondary N) is 1. The SMILES string of the molecule is Cc1cc(C2=CCC=C(CNc3nccc4nc(-c5cccc(F)c5)cnc34)C=C2)ccn1. The van der Waals surface area contributed by atoms with Crippen LogP contribution in [0.1, 0.15) is 17.7 Å². The summed E-state index contributed by atoms with van der Waals surface area (Å²) in [5.41, 5.74) is 7.22. The Morgan fingerprint density at radius 1 is 0.939 bits per heavy atom. The first-order chi connectivity index (χ1) is 16.2. The van der Waals surface area contributed by atoms with E-state index in [0.29, 0.717) is 34.7 Å². The highest BCUT2D eigenvalue weighted by molar-refractivity contribution is 5.86. The normalized spacial score (nSPS) is 13.4. The van der Waals surface area contributed by atoms with Gasteiger partial charge in [0, 0.05) is 30.2 Å². The van der Waals surface area contributed by atoms with Crippen LogP contribution >= 0.6 is 0 Å². The summed E-state index contributed by atoms with van der Waals surface area (Å²) in [4.78, 5) is 18.0. The van der Waals surface area contributed by atoms with Crippen LogP contribution < -0.4 is 5.32 Å². The number of benzene rings is 1. The van der Waals surface area contributed by atoms with Crippen LogP contribution in [0.3, 0.4) is 0 Å². The van der Waals surface area contributed by atoms with Crippen LogP contribution in [0.25, 0.3) is 27.9 Å². The standard InChI is InChI=1S/C27H22FN5/c1-18-14-21(10-12-29-18)20-5-2-4-19(8-9-20)16-32-27-26-24(11-13-30-27)33-25(17-31-26)22-6-3-7-23(28)15-22/h3-15,17H,2,16H2,1H3,(H,30,32). The summed E-state index contributed by atoms with van der Waals surface area (Å²) in [5, 5.41) is 3.39. The molecule has 5 rings (SSSR count). The Labute approximate surface area is 191 Å². The lowest BCUT2D eigenvalue weighted by Gasteiger charge is -2.09. The van der Waals surface area contributed by atoms with E-state index in [0.717, 1.165) is 17.7 Å². The molecule has 0 saturated carbocycles. The van der Waals surface area contributed by atoms with Gasteiger partial charge in [-0.2, -0.15) is 0 Å². The molecule has 1 aliphatic rings. The molecule has 1 aromatic carbocycles. The van der Waals surface area contributed by atoms with Gasteiger partial charge in [-0.25, -0.2) is 19.3 Å². The highest BCUT2D eigenvalue weighted by atomic mass is 19.1. The van der Waals surface area contributed by atoms with Crippen molar-refractivity contribution in [3.8, 4) is 11.3 Å². The van der Waals surface area contributed by atoms with Gasteiger partial charge in [-0.3, -0.25) is 4.98 Å². The van der Waals surface area contributed by atoms with Crippen molar-refractivity contribution in [1.29, 1.82) is 0 Å². The Balaban J connectivity index is 1.33. The van der Waals surface area contributed by atoms with Crippen molar-refractivity contribution < 1.29 is 4.39 Å². The zero-order valence-electron chi connectivity index (χ0n) is 18.2. The molecule has 0 spiro atoms. The van der Waals surface area contributed by atoms with E-state index in [1.807, 2.05) is 31.3 Å². The summed E-state index contributed by atoms with van der Waals surface area (Å²) in [6.07, 6.45) is 14.7. The second-order valence-electron chi connectivity index (χ2n) is 7.84. The molecular weight excluding hydrogens is 413 g/mol. The molecule has 0 unspecified atom stereocenters. The van der Waals surface area contributed by atoms with Gasteiger partial charge in [-0.1, -0.05) is 36.4 Å². The molecule has 33 heavy (non-hydrogen) atoms. The number of aryl methyl sites for hydroxylation is 1. The quantitative estimate of drug-likeness (QED) is 0.422. The summed E-state index contributed by atoms with van der Waals surface area (Å²) >= 11 is 0. The van der Waals surface area contributed by atoms with Crippen LogP contribution in [-0.2, 0) is 0 Å². The number of aromatic nitrogens is 4. The molecule has 1 N–H and O–H groups in total. The van der Waals surface area contributed by atoms with E-state index in [9.17, 15) is 4.39 Å². The number of rotatable bonds is 5. The van der Waals surface area contributed by atoms with Crippen molar-refractivity contribution in [2.24, 2.45) is 0 Å². The molecule has 162 valence electrons. The Bertz CT molecular complexity index is 1420. The van der Waals surface area contributed by atoms with Gasteiger partial charge in [0.15, 0.2) is 5.82 Å². The first kappa shape index (κ1) is 20.7. The predicted molar refractivity (Wildman–Crippen MR) is 130 cm³/mol. The van der Waals surface area contributed by atoms with Crippen LogP contribution in [0.15, 0.2) is 90.9 Å². The van der Waals surface area contributed by atoms with E-state index in [4.69, 9.17) is 0 Å². The molecule has 1 aliphatic carbocycles. The molecule has 0 atom stereocenters. The van der Waals surface area contributed by atoms with E-state index in [1.54, 1.807) is 18.5 Å². The van der Waals surface area contributed by atoms with Crippen molar-refractivity contribution in [2.45, 2.75) is 13.3 Å². The van der Waals surface area contributed by atoms with Gasteiger partial charge in [-0.05, 0) is 60.4 Å². The Morgan fingerprint density at radius 2 is 1.85 bits per heavy atom. The Hall–Kier alpha value is -4.19. The summed E-state index contributed by atoms with van der Waals surface area (Å²) < 4.78 is 13.6. The molecule has 3 heterocycles. The second kappa shape index (κ2) is 9.12. The molecule has 0 fully saturated rings. The van der Waals surface area contributed by atoms with Gasteiger partial charge in [0.2, 0.25) is 0 Å².